The molecule has 0 amide bonds. The van der Waals surface area contributed by atoms with Crippen molar-refractivity contribution >= 4 is 27.3 Å². The van der Waals surface area contributed by atoms with E-state index in [1.807, 2.05) is 13.8 Å². The van der Waals surface area contributed by atoms with Crippen molar-refractivity contribution < 1.29 is 8.42 Å². The van der Waals surface area contributed by atoms with Gasteiger partial charge in [-0.05, 0) is 20.8 Å². The normalized spacial score (nSPS) is 13.1. The maximum Gasteiger partial charge on any atom is 0.244 e. The van der Waals surface area contributed by atoms with Crippen LogP contribution in [0.15, 0.2) is 23.5 Å². The van der Waals surface area contributed by atoms with Crippen LogP contribution in [0.3, 0.4) is 0 Å². The highest BCUT2D eigenvalue weighted by Crippen LogP contribution is 2.21. The van der Waals surface area contributed by atoms with Gasteiger partial charge in [0.2, 0.25) is 16.0 Å². The first-order valence-corrected chi connectivity index (χ1v) is 8.73. The molecule has 0 radical (unpaired) electrons. The summed E-state index contributed by atoms with van der Waals surface area (Å²) in [6.07, 6.45) is 4.29. The summed E-state index contributed by atoms with van der Waals surface area (Å²) in [4.78, 5) is 13.2. The molecule has 1 atom stereocenters. The lowest BCUT2D eigenvalue weighted by molar-refractivity contribution is 0.565. The molecule has 2 N–H and O–H groups in total. The average Bonchev–Trinajstić information content (AvgIpc) is 2.86. The van der Waals surface area contributed by atoms with Gasteiger partial charge in [0.25, 0.3) is 0 Å². The van der Waals surface area contributed by atoms with Crippen molar-refractivity contribution in [3.05, 3.63) is 28.5 Å². The molecular weight excluding hydrogens is 310 g/mol. The van der Waals surface area contributed by atoms with E-state index in [4.69, 9.17) is 0 Å². The van der Waals surface area contributed by atoms with E-state index < -0.39 is 16.1 Å². The molecule has 0 aromatic carbocycles. The molecule has 0 saturated heterocycles. The number of thiazole rings is 1. The van der Waals surface area contributed by atoms with E-state index >= 15 is 0 Å². The van der Waals surface area contributed by atoms with E-state index in [9.17, 15) is 8.42 Å². The molecule has 2 heterocycles. The van der Waals surface area contributed by atoms with Crippen LogP contribution in [0.4, 0.5) is 5.95 Å². The molecule has 0 saturated carbocycles. The van der Waals surface area contributed by atoms with Crippen LogP contribution < -0.4 is 10.0 Å². The highest BCUT2D eigenvalue weighted by molar-refractivity contribution is 7.89. The Morgan fingerprint density at radius 3 is 2.43 bits per heavy atom. The fourth-order valence-corrected chi connectivity index (χ4v) is 3.58. The zero-order chi connectivity index (χ0) is 15.5. The van der Waals surface area contributed by atoms with Crippen molar-refractivity contribution in [1.29, 1.82) is 0 Å². The third-order valence-corrected chi connectivity index (χ3v) is 5.21. The van der Waals surface area contributed by atoms with E-state index in [0.717, 1.165) is 9.88 Å². The van der Waals surface area contributed by atoms with Crippen LogP contribution in [0.2, 0.25) is 0 Å². The fraction of sp³-hybridized carbons (Fsp3) is 0.417. The van der Waals surface area contributed by atoms with Gasteiger partial charge >= 0.3 is 0 Å². The van der Waals surface area contributed by atoms with E-state index in [1.165, 1.54) is 23.7 Å². The van der Waals surface area contributed by atoms with E-state index in [0.29, 0.717) is 12.5 Å². The van der Waals surface area contributed by atoms with Gasteiger partial charge < -0.3 is 5.32 Å². The summed E-state index contributed by atoms with van der Waals surface area (Å²) in [5.74, 6) is 0.403. The molecule has 7 nitrogen and oxygen atoms in total. The Bertz CT molecular complexity index is 697. The Labute approximate surface area is 127 Å². The zero-order valence-electron chi connectivity index (χ0n) is 12.0. The van der Waals surface area contributed by atoms with Gasteiger partial charge in [0.1, 0.15) is 9.90 Å². The lowest BCUT2D eigenvalue weighted by atomic mass is 10.4. The number of hydrogen-bond acceptors (Lipinski definition) is 7. The number of nitrogens with one attached hydrogen (secondary N) is 2. The van der Waals surface area contributed by atoms with Crippen LogP contribution in [0.5, 0.6) is 0 Å². The average molecular weight is 327 g/mol. The lowest BCUT2D eigenvalue weighted by Gasteiger charge is -2.11. The van der Waals surface area contributed by atoms with Gasteiger partial charge in [-0.2, -0.15) is 0 Å². The summed E-state index contributed by atoms with van der Waals surface area (Å²) in [6, 6.07) is -0.401. The zero-order valence-corrected chi connectivity index (χ0v) is 13.6. The molecule has 0 fully saturated rings. The molecule has 0 aliphatic heterocycles. The summed E-state index contributed by atoms with van der Waals surface area (Å²) in [5, 5.41) is 3.63. The molecule has 9 heteroatoms. The van der Waals surface area contributed by atoms with Gasteiger partial charge in [0.05, 0.1) is 18.4 Å². The largest absolute Gasteiger partial charge is 0.355 e. The molecule has 1 unspecified atom stereocenters. The summed E-state index contributed by atoms with van der Waals surface area (Å²) >= 11 is 1.46. The summed E-state index contributed by atoms with van der Waals surface area (Å²) in [7, 11) is -3.67. The Hall–Kier alpha value is -1.58. The highest BCUT2D eigenvalue weighted by Gasteiger charge is 2.21. The number of anilines is 1. The Kier molecular flexibility index (Phi) is 4.86. The second kappa shape index (κ2) is 6.46. The number of hydrogen-bond donors (Lipinski definition) is 2. The third-order valence-electron chi connectivity index (χ3n) is 2.61. The number of nitrogens with zero attached hydrogens (tertiary/aromatic N) is 3. The second-order valence-electron chi connectivity index (χ2n) is 4.42. The Morgan fingerprint density at radius 2 is 1.90 bits per heavy atom. The van der Waals surface area contributed by atoms with Crippen LogP contribution in [-0.4, -0.2) is 29.9 Å². The topological polar surface area (TPSA) is 96.9 Å². The van der Waals surface area contributed by atoms with Crippen LogP contribution in [-0.2, 0) is 10.0 Å². The molecule has 21 heavy (non-hydrogen) atoms. The molecular formula is C12H17N5O2S2. The van der Waals surface area contributed by atoms with E-state index in [1.54, 1.807) is 13.1 Å². The van der Waals surface area contributed by atoms with Crippen LogP contribution >= 0.6 is 11.3 Å². The predicted octanol–water partition coefficient (Wildman–Crippen LogP) is 1.71. The molecule has 0 spiro atoms. The van der Waals surface area contributed by atoms with Crippen molar-refractivity contribution in [2.45, 2.75) is 31.7 Å². The Morgan fingerprint density at radius 1 is 1.24 bits per heavy atom. The first-order valence-electron chi connectivity index (χ1n) is 6.43. The van der Waals surface area contributed by atoms with Gasteiger partial charge in [-0.3, -0.25) is 0 Å². The minimum Gasteiger partial charge on any atom is -0.355 e. The maximum atomic E-state index is 12.3. The van der Waals surface area contributed by atoms with Crippen molar-refractivity contribution in [2.24, 2.45) is 0 Å². The smallest absolute Gasteiger partial charge is 0.244 e. The summed E-state index contributed by atoms with van der Waals surface area (Å²) in [5.41, 5.74) is 0. The Balaban J connectivity index is 2.14. The van der Waals surface area contributed by atoms with Crippen molar-refractivity contribution in [3.63, 3.8) is 0 Å². The minimum atomic E-state index is -3.67. The fourth-order valence-electron chi connectivity index (χ4n) is 1.63. The van der Waals surface area contributed by atoms with Gasteiger partial charge in [0, 0.05) is 17.6 Å². The van der Waals surface area contributed by atoms with Crippen molar-refractivity contribution in [3.8, 4) is 0 Å². The standard InChI is InChI=1S/C12H17N5O2S2/c1-4-13-12-15-6-10(7-16-12)21(18,19)17-9(3)11-14-5-8(2)20-11/h5-7,9,17H,4H2,1-3H3,(H,13,15,16). The van der Waals surface area contributed by atoms with Crippen molar-refractivity contribution in [1.82, 2.24) is 19.7 Å². The van der Waals surface area contributed by atoms with Gasteiger partial charge in [-0.1, -0.05) is 0 Å². The summed E-state index contributed by atoms with van der Waals surface area (Å²) in [6.45, 7) is 6.26. The number of sulfonamides is 1. The van der Waals surface area contributed by atoms with Crippen LogP contribution in [0.25, 0.3) is 0 Å². The molecule has 114 valence electrons. The van der Waals surface area contributed by atoms with Gasteiger partial charge in [0.15, 0.2) is 0 Å². The first kappa shape index (κ1) is 15.8. The highest BCUT2D eigenvalue weighted by atomic mass is 32.2. The summed E-state index contributed by atoms with van der Waals surface area (Å²) < 4.78 is 27.1. The van der Waals surface area contributed by atoms with Crippen molar-refractivity contribution in [2.75, 3.05) is 11.9 Å². The third kappa shape index (κ3) is 3.96. The SMILES string of the molecule is CCNc1ncc(S(=O)(=O)NC(C)c2ncc(C)s2)cn1. The number of aryl methyl sites for hydroxylation is 1. The van der Waals surface area contributed by atoms with Crippen LogP contribution in [0, 0.1) is 6.92 Å². The molecule has 2 aromatic heterocycles. The molecule has 0 aliphatic rings. The predicted molar refractivity (Wildman–Crippen MR) is 81.8 cm³/mol. The molecule has 0 aliphatic carbocycles. The van der Waals surface area contributed by atoms with Gasteiger partial charge in [-0.25, -0.2) is 28.1 Å². The quantitative estimate of drug-likeness (QED) is 0.838. The molecule has 2 rings (SSSR count). The number of rotatable bonds is 6. The lowest BCUT2D eigenvalue weighted by Crippen LogP contribution is -2.27. The molecule has 0 bridgehead atoms. The van der Waals surface area contributed by atoms with E-state index in [2.05, 4.69) is 25.0 Å². The minimum absolute atomic E-state index is 0.0317. The molecule has 2 aromatic rings. The van der Waals surface area contributed by atoms with Gasteiger partial charge in [-0.15, -0.1) is 11.3 Å². The first-order chi connectivity index (χ1) is 9.92. The maximum absolute atomic E-state index is 12.3. The second-order valence-corrected chi connectivity index (χ2v) is 7.41. The number of aromatic nitrogens is 3. The van der Waals surface area contributed by atoms with Crippen LogP contribution in [0.1, 0.15) is 29.8 Å². The monoisotopic (exact) mass is 327 g/mol. The van der Waals surface area contributed by atoms with E-state index in [-0.39, 0.29) is 4.90 Å².